The molecule has 22 heavy (non-hydrogen) atoms. The summed E-state index contributed by atoms with van der Waals surface area (Å²) < 4.78 is 28.2. The van der Waals surface area contributed by atoms with Gasteiger partial charge in [-0.2, -0.15) is 0 Å². The number of carbonyl (C=O) groups is 1. The van der Waals surface area contributed by atoms with E-state index < -0.39 is 9.84 Å². The molecule has 2 N–H and O–H groups in total. The zero-order valence-corrected chi connectivity index (χ0v) is 13.5. The molecule has 1 aromatic carbocycles. The van der Waals surface area contributed by atoms with Crippen LogP contribution >= 0.6 is 0 Å². The van der Waals surface area contributed by atoms with Gasteiger partial charge in [-0.3, -0.25) is 4.79 Å². The molecule has 2 rings (SSSR count). The highest BCUT2D eigenvalue weighted by Crippen LogP contribution is 2.16. The van der Waals surface area contributed by atoms with Crippen molar-refractivity contribution in [3.05, 3.63) is 24.3 Å². The van der Waals surface area contributed by atoms with E-state index in [2.05, 4.69) is 0 Å². The summed E-state index contributed by atoms with van der Waals surface area (Å²) in [7, 11) is -3.20. The summed E-state index contributed by atoms with van der Waals surface area (Å²) in [6.45, 7) is 1.64. The van der Waals surface area contributed by atoms with E-state index in [-0.39, 0.29) is 23.5 Å². The van der Waals surface area contributed by atoms with E-state index in [9.17, 15) is 13.2 Å². The van der Waals surface area contributed by atoms with Gasteiger partial charge in [0.05, 0.1) is 17.9 Å². The smallest absolute Gasteiger partial charge is 0.226 e. The maximum Gasteiger partial charge on any atom is 0.226 e. The van der Waals surface area contributed by atoms with E-state index in [0.29, 0.717) is 18.7 Å². The Labute approximate surface area is 131 Å². The number of benzene rings is 1. The van der Waals surface area contributed by atoms with Crippen LogP contribution in [0.4, 0.5) is 0 Å². The number of hydrogen-bond acceptors (Lipinski definition) is 5. The van der Waals surface area contributed by atoms with Crippen LogP contribution in [0, 0.1) is 0 Å². The monoisotopic (exact) mass is 326 g/mol. The molecule has 0 saturated carbocycles. The lowest BCUT2D eigenvalue weighted by Crippen LogP contribution is -2.46. The largest absolute Gasteiger partial charge is 0.493 e. The van der Waals surface area contributed by atoms with E-state index >= 15 is 0 Å². The van der Waals surface area contributed by atoms with Gasteiger partial charge in [0.2, 0.25) is 5.91 Å². The van der Waals surface area contributed by atoms with Crippen LogP contribution in [-0.4, -0.2) is 51.2 Å². The number of ether oxygens (including phenoxy) is 1. The molecular formula is C15H22N2O4S. The molecule has 0 bridgehead atoms. The Morgan fingerprint density at radius 3 is 2.64 bits per heavy atom. The van der Waals surface area contributed by atoms with Crippen LogP contribution in [0.5, 0.6) is 5.75 Å². The number of likely N-dealkylation sites (tertiary alicyclic amines) is 1. The number of hydrogen-bond donors (Lipinski definition) is 1. The highest BCUT2D eigenvalue weighted by Gasteiger charge is 2.20. The second-order valence-electron chi connectivity index (χ2n) is 5.58. The summed E-state index contributed by atoms with van der Waals surface area (Å²) in [6.07, 6.45) is 3.36. The Bertz CT molecular complexity index is 613. The van der Waals surface area contributed by atoms with Gasteiger partial charge in [0.15, 0.2) is 9.84 Å². The summed E-state index contributed by atoms with van der Waals surface area (Å²) in [5, 5.41) is 0. The molecule has 1 unspecified atom stereocenters. The van der Waals surface area contributed by atoms with Crippen molar-refractivity contribution in [2.45, 2.75) is 30.2 Å². The van der Waals surface area contributed by atoms with Crippen molar-refractivity contribution in [3.8, 4) is 5.75 Å². The van der Waals surface area contributed by atoms with Gasteiger partial charge in [0.1, 0.15) is 5.75 Å². The first kappa shape index (κ1) is 16.8. The van der Waals surface area contributed by atoms with E-state index in [0.717, 1.165) is 25.6 Å². The van der Waals surface area contributed by atoms with Crippen molar-refractivity contribution < 1.29 is 17.9 Å². The number of amides is 1. The lowest BCUT2D eigenvalue weighted by Gasteiger charge is -2.30. The minimum absolute atomic E-state index is 0.0444. The van der Waals surface area contributed by atoms with Gasteiger partial charge in [-0.15, -0.1) is 0 Å². The zero-order valence-electron chi connectivity index (χ0n) is 12.7. The normalized spacial score (nSPS) is 19.0. The number of nitrogens with zero attached hydrogens (tertiary/aromatic N) is 1. The average molecular weight is 326 g/mol. The molecule has 6 nitrogen and oxygen atoms in total. The fraction of sp³-hybridized carbons (Fsp3) is 0.533. The van der Waals surface area contributed by atoms with Gasteiger partial charge in [0.25, 0.3) is 0 Å². The third-order valence-corrected chi connectivity index (χ3v) is 4.78. The van der Waals surface area contributed by atoms with Crippen molar-refractivity contribution in [2.75, 3.05) is 26.0 Å². The van der Waals surface area contributed by atoms with E-state index in [1.165, 1.54) is 12.1 Å². The fourth-order valence-electron chi connectivity index (χ4n) is 2.43. The molecule has 1 aliphatic rings. The Hall–Kier alpha value is -1.60. The van der Waals surface area contributed by atoms with Crippen molar-refractivity contribution >= 4 is 15.7 Å². The predicted molar refractivity (Wildman–Crippen MR) is 83.5 cm³/mol. The minimum Gasteiger partial charge on any atom is -0.493 e. The molecule has 7 heteroatoms. The van der Waals surface area contributed by atoms with Crippen molar-refractivity contribution in [1.82, 2.24) is 4.90 Å². The lowest BCUT2D eigenvalue weighted by molar-refractivity contribution is -0.132. The summed E-state index contributed by atoms with van der Waals surface area (Å²) in [4.78, 5) is 14.1. The molecule has 1 aliphatic heterocycles. The topological polar surface area (TPSA) is 89.7 Å². The van der Waals surface area contributed by atoms with Gasteiger partial charge in [-0.1, -0.05) is 0 Å². The SMILES string of the molecule is CS(=O)(=O)c1ccc(OCCC(=O)N2CCCC(N)C2)cc1. The van der Waals surface area contributed by atoms with Gasteiger partial charge < -0.3 is 15.4 Å². The Balaban J connectivity index is 1.80. The van der Waals surface area contributed by atoms with E-state index in [1.54, 1.807) is 17.0 Å². The molecule has 1 atom stereocenters. The molecule has 1 heterocycles. The van der Waals surface area contributed by atoms with Crippen molar-refractivity contribution in [1.29, 1.82) is 0 Å². The minimum atomic E-state index is -3.20. The van der Waals surface area contributed by atoms with Crippen LogP contribution < -0.4 is 10.5 Å². The summed E-state index contributed by atoms with van der Waals surface area (Å²) >= 11 is 0. The van der Waals surface area contributed by atoms with Gasteiger partial charge in [-0.25, -0.2) is 8.42 Å². The van der Waals surface area contributed by atoms with Crippen molar-refractivity contribution in [3.63, 3.8) is 0 Å². The molecule has 0 aromatic heterocycles. The maximum absolute atomic E-state index is 12.0. The van der Waals surface area contributed by atoms with Crippen LogP contribution in [0.1, 0.15) is 19.3 Å². The number of rotatable bonds is 5. The Morgan fingerprint density at radius 1 is 1.36 bits per heavy atom. The molecule has 1 amide bonds. The second kappa shape index (κ2) is 7.11. The Kier molecular flexibility index (Phi) is 5.42. The zero-order chi connectivity index (χ0) is 16.2. The maximum atomic E-state index is 12.0. The number of nitrogens with two attached hydrogens (primary N) is 1. The predicted octanol–water partition coefficient (Wildman–Crippen LogP) is 0.809. The van der Waals surface area contributed by atoms with Crippen molar-refractivity contribution in [2.24, 2.45) is 5.73 Å². The summed E-state index contributed by atoms with van der Waals surface area (Å²) in [6, 6.07) is 6.25. The first-order valence-corrected chi connectivity index (χ1v) is 9.21. The average Bonchev–Trinajstić information content (AvgIpc) is 2.47. The van der Waals surface area contributed by atoms with Gasteiger partial charge in [0, 0.05) is 25.4 Å². The van der Waals surface area contributed by atoms with Crippen LogP contribution in [-0.2, 0) is 14.6 Å². The van der Waals surface area contributed by atoms with Crippen LogP contribution in [0.15, 0.2) is 29.2 Å². The van der Waals surface area contributed by atoms with Crippen LogP contribution in [0.3, 0.4) is 0 Å². The number of carbonyl (C=O) groups excluding carboxylic acids is 1. The molecule has 0 spiro atoms. The molecule has 1 aromatic rings. The molecule has 1 saturated heterocycles. The second-order valence-corrected chi connectivity index (χ2v) is 7.60. The van der Waals surface area contributed by atoms with E-state index in [1.807, 2.05) is 0 Å². The summed E-state index contributed by atoms with van der Waals surface area (Å²) in [5.41, 5.74) is 5.86. The molecule has 122 valence electrons. The summed E-state index contributed by atoms with van der Waals surface area (Å²) in [5.74, 6) is 0.596. The van der Waals surface area contributed by atoms with E-state index in [4.69, 9.17) is 10.5 Å². The van der Waals surface area contributed by atoms with Crippen LogP contribution in [0.25, 0.3) is 0 Å². The molecule has 0 radical (unpaired) electrons. The molecule has 1 fully saturated rings. The quantitative estimate of drug-likeness (QED) is 0.865. The highest BCUT2D eigenvalue weighted by atomic mass is 32.2. The standard InChI is InChI=1S/C15H22N2O4S/c1-22(19,20)14-6-4-13(5-7-14)21-10-8-15(18)17-9-2-3-12(16)11-17/h4-7,12H,2-3,8-11,16H2,1H3. The first-order valence-electron chi connectivity index (χ1n) is 7.32. The Morgan fingerprint density at radius 2 is 2.05 bits per heavy atom. The van der Waals surface area contributed by atoms with Gasteiger partial charge in [-0.05, 0) is 37.1 Å². The number of sulfone groups is 1. The third-order valence-electron chi connectivity index (χ3n) is 3.65. The fourth-order valence-corrected chi connectivity index (χ4v) is 3.06. The molecule has 0 aliphatic carbocycles. The number of piperidine rings is 1. The van der Waals surface area contributed by atoms with Crippen LogP contribution in [0.2, 0.25) is 0 Å². The third kappa shape index (κ3) is 4.71. The lowest BCUT2D eigenvalue weighted by atomic mass is 10.1. The van der Waals surface area contributed by atoms with Gasteiger partial charge >= 0.3 is 0 Å². The highest BCUT2D eigenvalue weighted by molar-refractivity contribution is 7.90. The molecular weight excluding hydrogens is 304 g/mol. The first-order chi connectivity index (χ1) is 10.4.